The third-order valence-electron chi connectivity index (χ3n) is 2.13. The highest BCUT2D eigenvalue weighted by molar-refractivity contribution is 6.76. The van der Waals surface area contributed by atoms with Gasteiger partial charge in [0.15, 0.2) is 0 Å². The Labute approximate surface area is 116 Å². The summed E-state index contributed by atoms with van der Waals surface area (Å²) in [5.41, 5.74) is 0.405. The summed E-state index contributed by atoms with van der Waals surface area (Å²) >= 11 is 16.3. The molecule has 0 aliphatic carbocycles. The summed E-state index contributed by atoms with van der Waals surface area (Å²) in [6.07, 6.45) is 0. The van der Waals surface area contributed by atoms with Crippen molar-refractivity contribution in [2.45, 2.75) is 3.79 Å². The Morgan fingerprint density at radius 2 is 1.89 bits per heavy atom. The average molecular weight is 307 g/mol. The number of rotatable bonds is 1. The SMILES string of the molecule is O=C(Nc1ccc2oc(=O)ccc2c1)C(Cl)(Cl)Cl. The topological polar surface area (TPSA) is 59.3 Å². The molecule has 1 aromatic carbocycles. The quantitative estimate of drug-likeness (QED) is 0.650. The number of nitrogens with one attached hydrogen (secondary N) is 1. The molecule has 0 spiro atoms. The highest BCUT2D eigenvalue weighted by Crippen LogP contribution is 2.28. The summed E-state index contributed by atoms with van der Waals surface area (Å²) in [6, 6.07) is 7.55. The normalized spacial score (nSPS) is 11.5. The van der Waals surface area contributed by atoms with Crippen molar-refractivity contribution in [2.24, 2.45) is 0 Å². The molecule has 0 bridgehead atoms. The van der Waals surface area contributed by atoms with Crippen LogP contribution in [0.4, 0.5) is 5.69 Å². The summed E-state index contributed by atoms with van der Waals surface area (Å²) in [5.74, 6) is -0.760. The Balaban J connectivity index is 2.34. The maximum absolute atomic E-state index is 11.4. The Morgan fingerprint density at radius 1 is 1.17 bits per heavy atom. The molecule has 2 rings (SSSR count). The molecule has 0 aliphatic rings. The highest BCUT2D eigenvalue weighted by Gasteiger charge is 2.30. The maximum atomic E-state index is 11.4. The van der Waals surface area contributed by atoms with Crippen molar-refractivity contribution < 1.29 is 9.21 Å². The molecule has 94 valence electrons. The predicted octanol–water partition coefficient (Wildman–Crippen LogP) is 3.10. The van der Waals surface area contributed by atoms with Gasteiger partial charge in [-0.05, 0) is 24.3 Å². The van der Waals surface area contributed by atoms with Crippen LogP contribution in [0, 0.1) is 0 Å². The molecule has 4 nitrogen and oxygen atoms in total. The first-order valence-electron chi connectivity index (χ1n) is 4.78. The van der Waals surface area contributed by atoms with Crippen LogP contribution in [0.2, 0.25) is 0 Å². The van der Waals surface area contributed by atoms with Gasteiger partial charge < -0.3 is 9.73 Å². The molecule has 0 atom stereocenters. The number of halogens is 3. The molecule has 0 saturated carbocycles. The Morgan fingerprint density at radius 3 is 2.56 bits per heavy atom. The minimum Gasteiger partial charge on any atom is -0.423 e. The van der Waals surface area contributed by atoms with Gasteiger partial charge in [0.25, 0.3) is 9.70 Å². The lowest BCUT2D eigenvalue weighted by Gasteiger charge is -2.11. The summed E-state index contributed by atoms with van der Waals surface area (Å²) in [5, 5.41) is 3.08. The van der Waals surface area contributed by atoms with Crippen LogP contribution >= 0.6 is 34.8 Å². The molecule has 0 unspecified atom stereocenters. The van der Waals surface area contributed by atoms with Gasteiger partial charge in [0.2, 0.25) is 0 Å². The number of anilines is 1. The molecule has 18 heavy (non-hydrogen) atoms. The second kappa shape index (κ2) is 4.80. The van der Waals surface area contributed by atoms with Crippen LogP contribution in [0.15, 0.2) is 39.5 Å². The summed E-state index contributed by atoms with van der Waals surface area (Å²) < 4.78 is 2.91. The molecule has 1 heterocycles. The number of carbonyl (C=O) groups is 1. The van der Waals surface area contributed by atoms with Gasteiger partial charge in [0, 0.05) is 17.1 Å². The van der Waals surface area contributed by atoms with Crippen molar-refractivity contribution in [3.8, 4) is 0 Å². The number of carbonyl (C=O) groups excluding carboxylic acids is 1. The number of hydrogen-bond acceptors (Lipinski definition) is 3. The van der Waals surface area contributed by atoms with Crippen LogP contribution < -0.4 is 10.9 Å². The number of benzene rings is 1. The van der Waals surface area contributed by atoms with Gasteiger partial charge in [-0.15, -0.1) is 0 Å². The molecular weight excluding hydrogens is 300 g/mol. The Kier molecular flexibility index (Phi) is 3.52. The fourth-order valence-electron chi connectivity index (χ4n) is 1.35. The molecule has 2 aromatic rings. The van der Waals surface area contributed by atoms with E-state index in [1.165, 1.54) is 6.07 Å². The van der Waals surface area contributed by atoms with E-state index < -0.39 is 15.3 Å². The van der Waals surface area contributed by atoms with Gasteiger partial charge in [-0.25, -0.2) is 4.79 Å². The van der Waals surface area contributed by atoms with E-state index in [2.05, 4.69) is 5.32 Å². The van der Waals surface area contributed by atoms with Crippen LogP contribution in [0.1, 0.15) is 0 Å². The molecule has 0 aliphatic heterocycles. The van der Waals surface area contributed by atoms with Gasteiger partial charge in [-0.1, -0.05) is 34.8 Å². The van der Waals surface area contributed by atoms with Gasteiger partial charge in [0.05, 0.1) is 0 Å². The lowest BCUT2D eigenvalue weighted by molar-refractivity contribution is -0.115. The zero-order valence-electron chi connectivity index (χ0n) is 8.75. The van der Waals surface area contributed by atoms with E-state index in [1.54, 1.807) is 24.3 Å². The second-order valence-electron chi connectivity index (χ2n) is 3.46. The first-order valence-corrected chi connectivity index (χ1v) is 5.92. The van der Waals surface area contributed by atoms with Gasteiger partial charge in [-0.2, -0.15) is 0 Å². The van der Waals surface area contributed by atoms with Crippen molar-refractivity contribution in [3.63, 3.8) is 0 Å². The molecule has 7 heteroatoms. The summed E-state index contributed by atoms with van der Waals surface area (Å²) in [7, 11) is 0. The predicted molar refractivity (Wildman–Crippen MR) is 71.4 cm³/mol. The number of fused-ring (bicyclic) bond motifs is 1. The second-order valence-corrected chi connectivity index (χ2v) is 5.74. The monoisotopic (exact) mass is 305 g/mol. The van der Waals surface area contributed by atoms with Crippen molar-refractivity contribution >= 4 is 57.4 Å². The van der Waals surface area contributed by atoms with Gasteiger partial charge in [0.1, 0.15) is 5.58 Å². The number of amides is 1. The standard InChI is InChI=1S/C11H6Cl3NO3/c12-11(13,14)10(17)15-7-2-3-8-6(5-7)1-4-9(16)18-8/h1-5H,(H,15,17). The van der Waals surface area contributed by atoms with Crippen LogP contribution in [0.5, 0.6) is 0 Å². The molecule has 1 aromatic heterocycles. The highest BCUT2D eigenvalue weighted by atomic mass is 35.6. The van der Waals surface area contributed by atoms with Crippen molar-refractivity contribution in [3.05, 3.63) is 40.8 Å². The molecule has 0 saturated heterocycles. The molecule has 0 radical (unpaired) electrons. The number of alkyl halides is 3. The minimum atomic E-state index is -2.03. The van der Waals surface area contributed by atoms with Gasteiger partial charge >= 0.3 is 5.63 Å². The zero-order chi connectivity index (χ0) is 13.3. The van der Waals surface area contributed by atoms with Crippen LogP contribution in [0.25, 0.3) is 11.0 Å². The van der Waals surface area contributed by atoms with Crippen molar-refractivity contribution in [1.82, 2.24) is 0 Å². The first kappa shape index (κ1) is 13.2. The lowest BCUT2D eigenvalue weighted by atomic mass is 10.2. The fourth-order valence-corrected chi connectivity index (χ4v) is 1.49. The van der Waals surface area contributed by atoms with E-state index in [-0.39, 0.29) is 0 Å². The first-order chi connectivity index (χ1) is 8.36. The number of hydrogen-bond donors (Lipinski definition) is 1. The van der Waals surface area contributed by atoms with E-state index in [9.17, 15) is 9.59 Å². The van der Waals surface area contributed by atoms with Crippen LogP contribution in [0.3, 0.4) is 0 Å². The van der Waals surface area contributed by atoms with E-state index in [0.29, 0.717) is 16.7 Å². The molecule has 1 N–H and O–H groups in total. The minimum absolute atomic E-state index is 0.411. The Bertz CT molecular complexity index is 660. The molecular formula is C11H6Cl3NO3. The van der Waals surface area contributed by atoms with Crippen LogP contribution in [-0.4, -0.2) is 9.70 Å². The van der Waals surface area contributed by atoms with E-state index in [1.807, 2.05) is 0 Å². The van der Waals surface area contributed by atoms with E-state index in [4.69, 9.17) is 39.2 Å². The van der Waals surface area contributed by atoms with E-state index >= 15 is 0 Å². The molecule has 0 fully saturated rings. The summed E-state index contributed by atoms with van der Waals surface area (Å²) in [4.78, 5) is 22.4. The largest absolute Gasteiger partial charge is 0.423 e. The van der Waals surface area contributed by atoms with E-state index in [0.717, 1.165) is 0 Å². The third kappa shape index (κ3) is 2.96. The summed E-state index contributed by atoms with van der Waals surface area (Å²) in [6.45, 7) is 0. The van der Waals surface area contributed by atoms with Crippen molar-refractivity contribution in [1.29, 1.82) is 0 Å². The fraction of sp³-hybridized carbons (Fsp3) is 0.0909. The Hall–Kier alpha value is -1.23. The zero-order valence-corrected chi connectivity index (χ0v) is 11.0. The molecule has 1 amide bonds. The van der Waals surface area contributed by atoms with Crippen LogP contribution in [-0.2, 0) is 4.79 Å². The average Bonchev–Trinajstić information content (AvgIpc) is 2.28. The third-order valence-corrected chi connectivity index (χ3v) is 2.65. The smallest absolute Gasteiger partial charge is 0.336 e. The maximum Gasteiger partial charge on any atom is 0.336 e. The van der Waals surface area contributed by atoms with Crippen molar-refractivity contribution in [2.75, 3.05) is 5.32 Å². The van der Waals surface area contributed by atoms with Gasteiger partial charge in [-0.3, -0.25) is 4.79 Å². The lowest BCUT2D eigenvalue weighted by Crippen LogP contribution is -2.26.